The molecule has 0 bridgehead atoms. The first kappa shape index (κ1) is 15.1. The molecule has 1 fully saturated rings. The number of hydrogen-bond donors (Lipinski definition) is 2. The number of ether oxygens (including phenoxy) is 1. The Balaban J connectivity index is 1.92. The molecule has 0 spiro atoms. The predicted octanol–water partition coefficient (Wildman–Crippen LogP) is 3.03. The molecule has 0 radical (unpaired) electrons. The number of aryl methyl sites for hydroxylation is 1. The highest BCUT2D eigenvalue weighted by atomic mass is 35.5. The summed E-state index contributed by atoms with van der Waals surface area (Å²) >= 11 is 5.88. The van der Waals surface area contributed by atoms with E-state index in [0.29, 0.717) is 36.5 Å². The molecule has 0 heterocycles. The fourth-order valence-electron chi connectivity index (χ4n) is 2.53. The van der Waals surface area contributed by atoms with Crippen molar-refractivity contribution >= 4 is 17.6 Å². The van der Waals surface area contributed by atoms with Crippen LogP contribution >= 0.6 is 11.6 Å². The molecule has 4 nitrogen and oxygen atoms in total. The van der Waals surface area contributed by atoms with Crippen molar-refractivity contribution in [1.82, 2.24) is 0 Å². The van der Waals surface area contributed by atoms with Crippen LogP contribution in [0.15, 0.2) is 18.2 Å². The molecule has 5 heteroatoms. The van der Waals surface area contributed by atoms with Gasteiger partial charge in [-0.2, -0.15) is 0 Å². The van der Waals surface area contributed by atoms with Crippen LogP contribution in [0.2, 0.25) is 5.02 Å². The van der Waals surface area contributed by atoms with Gasteiger partial charge in [0.1, 0.15) is 12.4 Å². The van der Waals surface area contributed by atoms with Gasteiger partial charge in [-0.15, -0.1) is 0 Å². The quantitative estimate of drug-likeness (QED) is 0.896. The van der Waals surface area contributed by atoms with Crippen LogP contribution in [-0.2, 0) is 4.79 Å². The van der Waals surface area contributed by atoms with Gasteiger partial charge in [0.2, 0.25) is 0 Å². The molecule has 20 heavy (non-hydrogen) atoms. The minimum absolute atomic E-state index is 0.182. The Morgan fingerprint density at radius 1 is 1.45 bits per heavy atom. The number of aliphatic carboxylic acids is 1. The van der Waals surface area contributed by atoms with Gasteiger partial charge in [0.15, 0.2) is 0 Å². The highest BCUT2D eigenvalue weighted by molar-refractivity contribution is 6.30. The highest BCUT2D eigenvalue weighted by Gasteiger charge is 2.36. The van der Waals surface area contributed by atoms with Crippen LogP contribution < -0.4 is 4.74 Å². The first-order valence-electron chi connectivity index (χ1n) is 6.74. The van der Waals surface area contributed by atoms with E-state index in [1.54, 1.807) is 12.1 Å². The minimum Gasteiger partial charge on any atom is -0.490 e. The Morgan fingerprint density at radius 2 is 2.10 bits per heavy atom. The van der Waals surface area contributed by atoms with Crippen LogP contribution in [0.5, 0.6) is 5.75 Å². The lowest BCUT2D eigenvalue weighted by Crippen LogP contribution is -2.41. The smallest absolute Gasteiger partial charge is 0.306 e. The monoisotopic (exact) mass is 298 g/mol. The number of carboxylic acid groups (broad SMARTS) is 1. The number of hydrogen-bond acceptors (Lipinski definition) is 3. The van der Waals surface area contributed by atoms with Crippen molar-refractivity contribution in [2.45, 2.75) is 38.2 Å². The maximum Gasteiger partial charge on any atom is 0.306 e. The lowest BCUT2D eigenvalue weighted by atomic mass is 9.79. The molecule has 1 saturated carbocycles. The maximum absolute atomic E-state index is 10.9. The van der Waals surface area contributed by atoms with Gasteiger partial charge in [0, 0.05) is 5.02 Å². The van der Waals surface area contributed by atoms with Crippen molar-refractivity contribution in [2.75, 3.05) is 6.61 Å². The van der Waals surface area contributed by atoms with E-state index in [2.05, 4.69) is 0 Å². The molecule has 0 amide bonds. The first-order chi connectivity index (χ1) is 9.39. The van der Waals surface area contributed by atoms with Gasteiger partial charge in [-0.05, 0) is 56.4 Å². The summed E-state index contributed by atoms with van der Waals surface area (Å²) < 4.78 is 5.67. The van der Waals surface area contributed by atoms with E-state index in [-0.39, 0.29) is 12.5 Å². The molecule has 0 unspecified atom stereocenters. The number of halogens is 1. The standard InChI is InChI=1S/C15H19ClO4/c1-10-8-12(16)2-3-13(10)20-9-15(19)6-4-11(5-7-15)14(17)18/h2-3,8,11,19H,4-7,9H2,1H3,(H,17,18). The second kappa shape index (κ2) is 6.02. The molecular formula is C15H19ClO4. The molecule has 2 N–H and O–H groups in total. The van der Waals surface area contributed by atoms with Crippen LogP contribution in [0.25, 0.3) is 0 Å². The largest absolute Gasteiger partial charge is 0.490 e. The summed E-state index contributed by atoms with van der Waals surface area (Å²) in [6.07, 6.45) is 1.90. The van der Waals surface area contributed by atoms with E-state index in [0.717, 1.165) is 5.56 Å². The van der Waals surface area contributed by atoms with Crippen molar-refractivity contribution in [2.24, 2.45) is 5.92 Å². The van der Waals surface area contributed by atoms with Gasteiger partial charge < -0.3 is 14.9 Å². The summed E-state index contributed by atoms with van der Waals surface area (Å²) in [4.78, 5) is 10.9. The molecule has 1 aliphatic carbocycles. The number of aliphatic hydroxyl groups is 1. The van der Waals surface area contributed by atoms with Crippen LogP contribution in [-0.4, -0.2) is 28.4 Å². The van der Waals surface area contributed by atoms with E-state index < -0.39 is 11.6 Å². The summed E-state index contributed by atoms with van der Waals surface area (Å²) in [5.41, 5.74) is -0.0155. The van der Waals surface area contributed by atoms with E-state index in [1.165, 1.54) is 0 Å². The molecule has 1 aromatic carbocycles. The second-order valence-electron chi connectivity index (χ2n) is 5.54. The Bertz CT molecular complexity index is 493. The van der Waals surface area contributed by atoms with Crippen molar-refractivity contribution in [3.8, 4) is 5.75 Å². The average Bonchev–Trinajstić information content (AvgIpc) is 2.38. The fraction of sp³-hybridized carbons (Fsp3) is 0.533. The van der Waals surface area contributed by atoms with Gasteiger partial charge in [-0.1, -0.05) is 11.6 Å². The van der Waals surface area contributed by atoms with Gasteiger partial charge in [0.25, 0.3) is 0 Å². The second-order valence-corrected chi connectivity index (χ2v) is 5.97. The van der Waals surface area contributed by atoms with E-state index >= 15 is 0 Å². The molecule has 0 aliphatic heterocycles. The normalized spacial score (nSPS) is 26.2. The first-order valence-corrected chi connectivity index (χ1v) is 7.11. The number of rotatable bonds is 4. The van der Waals surface area contributed by atoms with Gasteiger partial charge >= 0.3 is 5.97 Å². The predicted molar refractivity (Wildman–Crippen MR) is 76.2 cm³/mol. The van der Waals surface area contributed by atoms with Crippen LogP contribution in [0.3, 0.4) is 0 Å². The van der Waals surface area contributed by atoms with E-state index in [9.17, 15) is 9.90 Å². The third-order valence-corrected chi connectivity index (χ3v) is 4.13. The number of carbonyl (C=O) groups is 1. The topological polar surface area (TPSA) is 66.8 Å². The molecular weight excluding hydrogens is 280 g/mol. The van der Waals surface area contributed by atoms with Gasteiger partial charge in [0.05, 0.1) is 11.5 Å². The zero-order valence-corrected chi connectivity index (χ0v) is 12.2. The number of benzene rings is 1. The zero-order chi connectivity index (χ0) is 14.8. The summed E-state index contributed by atoms with van der Waals surface area (Å²) in [5, 5.41) is 20.0. The fourth-order valence-corrected chi connectivity index (χ4v) is 2.76. The average molecular weight is 299 g/mol. The molecule has 1 aromatic rings. The van der Waals surface area contributed by atoms with Crippen molar-refractivity contribution < 1.29 is 19.7 Å². The lowest BCUT2D eigenvalue weighted by Gasteiger charge is -2.34. The maximum atomic E-state index is 10.9. The van der Waals surface area contributed by atoms with E-state index in [4.69, 9.17) is 21.4 Å². The summed E-state index contributed by atoms with van der Waals surface area (Å²) in [7, 11) is 0. The van der Waals surface area contributed by atoms with Crippen molar-refractivity contribution in [3.05, 3.63) is 28.8 Å². The molecule has 0 saturated heterocycles. The van der Waals surface area contributed by atoms with Crippen LogP contribution in [0, 0.1) is 12.8 Å². The molecule has 0 aromatic heterocycles. The van der Waals surface area contributed by atoms with Crippen molar-refractivity contribution in [1.29, 1.82) is 0 Å². The molecule has 2 rings (SSSR count). The summed E-state index contributed by atoms with van der Waals surface area (Å²) in [6, 6.07) is 5.33. The van der Waals surface area contributed by atoms with Gasteiger partial charge in [-0.25, -0.2) is 0 Å². The third-order valence-electron chi connectivity index (χ3n) is 3.90. The highest BCUT2D eigenvalue weighted by Crippen LogP contribution is 2.33. The molecule has 1 aliphatic rings. The summed E-state index contributed by atoms with van der Waals surface area (Å²) in [6.45, 7) is 2.08. The molecule has 0 atom stereocenters. The Labute approximate surface area is 123 Å². The lowest BCUT2D eigenvalue weighted by molar-refractivity contribution is -0.145. The van der Waals surface area contributed by atoms with Crippen LogP contribution in [0.4, 0.5) is 0 Å². The van der Waals surface area contributed by atoms with E-state index in [1.807, 2.05) is 13.0 Å². The Kier molecular flexibility index (Phi) is 4.55. The SMILES string of the molecule is Cc1cc(Cl)ccc1OCC1(O)CCC(C(=O)O)CC1. The molecule has 110 valence electrons. The Hall–Kier alpha value is -1.26. The zero-order valence-electron chi connectivity index (χ0n) is 11.4. The van der Waals surface area contributed by atoms with Gasteiger partial charge in [-0.3, -0.25) is 4.79 Å². The van der Waals surface area contributed by atoms with Crippen LogP contribution in [0.1, 0.15) is 31.2 Å². The minimum atomic E-state index is -0.933. The Morgan fingerprint density at radius 3 is 2.65 bits per heavy atom. The number of carboxylic acids is 1. The third kappa shape index (κ3) is 3.64. The summed E-state index contributed by atoms with van der Waals surface area (Å²) in [5.74, 6) is -0.419. The van der Waals surface area contributed by atoms with Crippen molar-refractivity contribution in [3.63, 3.8) is 0 Å².